The van der Waals surface area contributed by atoms with Crippen LogP contribution >= 0.6 is 34.5 Å². The normalized spacial score (nSPS) is 12.0. The van der Waals surface area contributed by atoms with E-state index in [-0.39, 0.29) is 12.2 Å². The van der Waals surface area contributed by atoms with Gasteiger partial charge in [-0.2, -0.15) is 0 Å². The number of benzene rings is 3. The summed E-state index contributed by atoms with van der Waals surface area (Å²) in [6, 6.07) is 18.4. The zero-order valence-electron chi connectivity index (χ0n) is 16.8. The topological polar surface area (TPSA) is 52.8 Å². The first kappa shape index (κ1) is 20.8. The van der Waals surface area contributed by atoms with Crippen LogP contribution in [0, 0.1) is 0 Å². The van der Waals surface area contributed by atoms with Gasteiger partial charge in [0.05, 0.1) is 22.7 Å². The first-order valence-corrected chi connectivity index (χ1v) is 11.3. The van der Waals surface area contributed by atoms with Crippen molar-refractivity contribution in [3.05, 3.63) is 96.7 Å². The Hall–Kier alpha value is -3.06. The Morgan fingerprint density at radius 2 is 1.91 bits per heavy atom. The average Bonchev–Trinajstić information content (AvgIpc) is 3.29. The van der Waals surface area contributed by atoms with Gasteiger partial charge in [-0.05, 0) is 48.0 Å². The van der Waals surface area contributed by atoms with Gasteiger partial charge in [-0.15, -0.1) is 0 Å². The van der Waals surface area contributed by atoms with Gasteiger partial charge >= 0.3 is 0 Å². The van der Waals surface area contributed by atoms with E-state index in [0.29, 0.717) is 31.0 Å². The van der Waals surface area contributed by atoms with Gasteiger partial charge in [-0.1, -0.05) is 58.8 Å². The molecule has 32 heavy (non-hydrogen) atoms. The number of methoxy groups -OCH3 is 1. The van der Waals surface area contributed by atoms with Crippen LogP contribution in [0.5, 0.6) is 11.5 Å². The fraction of sp³-hybridized carbons (Fsp3) is 0.0833. The molecule has 0 unspecified atom stereocenters. The molecule has 0 saturated heterocycles. The molecule has 0 saturated carbocycles. The molecule has 0 bridgehead atoms. The van der Waals surface area contributed by atoms with Crippen molar-refractivity contribution in [3.63, 3.8) is 0 Å². The molecule has 2 heterocycles. The standard InChI is InChI=1S/C24H16Cl2N2O3S/c1-30-21-10-14(6-9-20(21)31-13-15-7-8-16(25)12-17(15)26)11-22-23(29)28-19-5-3-2-4-18(19)27-24(28)32-22/h2-12H,13H2,1H3/b22-11+. The Morgan fingerprint density at radius 3 is 2.72 bits per heavy atom. The molecule has 0 radical (unpaired) electrons. The van der Waals surface area contributed by atoms with Gasteiger partial charge in [0.25, 0.3) is 5.56 Å². The summed E-state index contributed by atoms with van der Waals surface area (Å²) in [7, 11) is 1.58. The minimum Gasteiger partial charge on any atom is -0.493 e. The Morgan fingerprint density at radius 1 is 1.06 bits per heavy atom. The first-order valence-electron chi connectivity index (χ1n) is 9.70. The van der Waals surface area contributed by atoms with Crippen LogP contribution in [0.15, 0.2) is 65.5 Å². The predicted molar refractivity (Wildman–Crippen MR) is 129 cm³/mol. The van der Waals surface area contributed by atoms with Crippen LogP contribution in [-0.4, -0.2) is 16.5 Å². The Bertz CT molecular complexity index is 1580. The van der Waals surface area contributed by atoms with E-state index in [9.17, 15) is 4.79 Å². The number of nitrogens with zero attached hydrogens (tertiary/aromatic N) is 2. The number of hydrogen-bond donors (Lipinski definition) is 0. The number of imidazole rings is 1. The number of rotatable bonds is 5. The van der Waals surface area contributed by atoms with Gasteiger partial charge in [-0.3, -0.25) is 4.79 Å². The molecule has 0 spiro atoms. The highest BCUT2D eigenvalue weighted by Gasteiger charge is 2.12. The Labute approximate surface area is 197 Å². The number of aromatic nitrogens is 2. The zero-order chi connectivity index (χ0) is 22.2. The van der Waals surface area contributed by atoms with E-state index in [2.05, 4.69) is 4.98 Å². The lowest BCUT2D eigenvalue weighted by Crippen LogP contribution is -2.22. The van der Waals surface area contributed by atoms with Gasteiger partial charge in [0.15, 0.2) is 16.5 Å². The van der Waals surface area contributed by atoms with Crippen molar-refractivity contribution in [1.82, 2.24) is 9.38 Å². The van der Waals surface area contributed by atoms with Crippen LogP contribution < -0.4 is 19.6 Å². The number of para-hydroxylation sites is 2. The molecule has 3 aromatic carbocycles. The second kappa shape index (κ2) is 8.47. The average molecular weight is 483 g/mol. The maximum Gasteiger partial charge on any atom is 0.274 e. The van der Waals surface area contributed by atoms with Crippen LogP contribution in [0.4, 0.5) is 0 Å². The van der Waals surface area contributed by atoms with E-state index < -0.39 is 0 Å². The molecule has 2 aromatic heterocycles. The van der Waals surface area contributed by atoms with E-state index in [1.54, 1.807) is 23.6 Å². The SMILES string of the molecule is COc1cc(/C=c2/sc3nc4ccccc4n3c2=O)ccc1OCc1ccc(Cl)cc1Cl. The van der Waals surface area contributed by atoms with E-state index in [0.717, 1.165) is 22.2 Å². The Kier molecular flexibility index (Phi) is 5.51. The van der Waals surface area contributed by atoms with Crippen molar-refractivity contribution in [2.75, 3.05) is 7.11 Å². The number of hydrogen-bond acceptors (Lipinski definition) is 5. The molecule has 0 atom stereocenters. The van der Waals surface area contributed by atoms with Gasteiger partial charge in [0.2, 0.25) is 0 Å². The van der Waals surface area contributed by atoms with Crippen LogP contribution in [0.25, 0.3) is 22.1 Å². The second-order valence-electron chi connectivity index (χ2n) is 7.07. The first-order chi connectivity index (χ1) is 15.5. The minimum atomic E-state index is -0.0876. The number of ether oxygens (including phenoxy) is 2. The third-order valence-corrected chi connectivity index (χ3v) is 6.58. The van der Waals surface area contributed by atoms with E-state index in [1.807, 2.05) is 54.6 Å². The highest BCUT2D eigenvalue weighted by molar-refractivity contribution is 7.15. The quantitative estimate of drug-likeness (QED) is 0.338. The molecule has 0 N–H and O–H groups in total. The van der Waals surface area contributed by atoms with Gasteiger partial charge < -0.3 is 9.47 Å². The largest absolute Gasteiger partial charge is 0.493 e. The fourth-order valence-corrected chi connectivity index (χ4v) is 4.90. The van der Waals surface area contributed by atoms with Crippen molar-refractivity contribution >= 4 is 56.6 Å². The molecule has 0 aliphatic rings. The maximum absolute atomic E-state index is 13.0. The molecule has 0 aliphatic heterocycles. The fourth-order valence-electron chi connectivity index (χ4n) is 3.45. The molecule has 160 valence electrons. The monoisotopic (exact) mass is 482 g/mol. The summed E-state index contributed by atoms with van der Waals surface area (Å²) in [5.74, 6) is 1.13. The molecule has 8 heteroatoms. The van der Waals surface area contributed by atoms with Crippen LogP contribution in [0.3, 0.4) is 0 Å². The molecule has 5 rings (SSSR count). The summed E-state index contributed by atoms with van der Waals surface area (Å²) in [5, 5.41) is 1.11. The lowest BCUT2D eigenvalue weighted by atomic mass is 10.2. The van der Waals surface area contributed by atoms with Crippen LogP contribution in [0.1, 0.15) is 11.1 Å². The highest BCUT2D eigenvalue weighted by atomic mass is 35.5. The van der Waals surface area contributed by atoms with Crippen molar-refractivity contribution in [1.29, 1.82) is 0 Å². The summed E-state index contributed by atoms with van der Waals surface area (Å²) < 4.78 is 13.7. The lowest BCUT2D eigenvalue weighted by Gasteiger charge is -2.12. The molecule has 5 aromatic rings. The number of thiazole rings is 1. The third kappa shape index (κ3) is 3.81. The van der Waals surface area contributed by atoms with E-state index in [4.69, 9.17) is 32.7 Å². The molecular weight excluding hydrogens is 467 g/mol. The summed E-state index contributed by atoms with van der Waals surface area (Å²) in [5.41, 5.74) is 3.18. The predicted octanol–water partition coefficient (Wildman–Crippen LogP) is 5.35. The third-order valence-electron chi connectivity index (χ3n) is 5.03. The van der Waals surface area contributed by atoms with E-state index >= 15 is 0 Å². The van der Waals surface area contributed by atoms with Gasteiger partial charge in [0, 0.05) is 15.6 Å². The number of halogens is 2. The molecule has 0 amide bonds. The van der Waals surface area contributed by atoms with Crippen molar-refractivity contribution < 1.29 is 9.47 Å². The van der Waals surface area contributed by atoms with Crippen molar-refractivity contribution in [3.8, 4) is 11.5 Å². The molecule has 0 aliphatic carbocycles. The smallest absolute Gasteiger partial charge is 0.274 e. The summed E-state index contributed by atoms with van der Waals surface area (Å²) >= 11 is 13.5. The summed E-state index contributed by atoms with van der Waals surface area (Å²) in [6.45, 7) is 0.273. The van der Waals surface area contributed by atoms with Crippen molar-refractivity contribution in [2.45, 2.75) is 6.61 Å². The molecule has 0 fully saturated rings. The lowest BCUT2D eigenvalue weighted by molar-refractivity contribution is 0.284. The van der Waals surface area contributed by atoms with E-state index in [1.165, 1.54) is 11.3 Å². The summed E-state index contributed by atoms with van der Waals surface area (Å²) in [6.07, 6.45) is 1.83. The number of fused-ring (bicyclic) bond motifs is 3. The Balaban J connectivity index is 1.46. The second-order valence-corrected chi connectivity index (χ2v) is 8.92. The highest BCUT2D eigenvalue weighted by Crippen LogP contribution is 2.30. The maximum atomic E-state index is 13.0. The van der Waals surface area contributed by atoms with Gasteiger partial charge in [-0.25, -0.2) is 9.38 Å². The van der Waals surface area contributed by atoms with Crippen LogP contribution in [0.2, 0.25) is 10.0 Å². The van der Waals surface area contributed by atoms with Gasteiger partial charge in [0.1, 0.15) is 6.61 Å². The molecular formula is C24H16Cl2N2O3S. The minimum absolute atomic E-state index is 0.0876. The van der Waals surface area contributed by atoms with Crippen molar-refractivity contribution in [2.24, 2.45) is 0 Å². The van der Waals surface area contributed by atoms with Crippen LogP contribution in [-0.2, 0) is 6.61 Å². The zero-order valence-corrected chi connectivity index (χ0v) is 19.2. The summed E-state index contributed by atoms with van der Waals surface area (Å²) in [4.78, 5) is 18.2. The molecule has 5 nitrogen and oxygen atoms in total.